The van der Waals surface area contributed by atoms with Crippen molar-refractivity contribution < 1.29 is 4.39 Å². The summed E-state index contributed by atoms with van der Waals surface area (Å²) in [4.78, 5) is 0. The maximum atomic E-state index is 13.7. The Kier molecular flexibility index (Phi) is 5.81. The van der Waals surface area contributed by atoms with Crippen LogP contribution in [0.25, 0.3) is 11.1 Å². The van der Waals surface area contributed by atoms with Gasteiger partial charge in [-0.2, -0.15) is 5.26 Å². The van der Waals surface area contributed by atoms with Crippen molar-refractivity contribution in [3.8, 4) is 17.2 Å². The van der Waals surface area contributed by atoms with Crippen molar-refractivity contribution in [1.82, 2.24) is 0 Å². The monoisotopic (exact) mass is 343 g/mol. The summed E-state index contributed by atoms with van der Waals surface area (Å²) in [6.07, 6.45) is 3.89. The highest BCUT2D eigenvalue weighted by Crippen LogP contribution is 2.21. The van der Waals surface area contributed by atoms with Crippen LogP contribution in [0.1, 0.15) is 35.6 Å². The maximum absolute atomic E-state index is 13.7. The lowest BCUT2D eigenvalue weighted by Gasteiger charge is -2.07. The first-order chi connectivity index (χ1) is 12.7. The Morgan fingerprint density at radius 1 is 0.731 bits per heavy atom. The fourth-order valence-corrected chi connectivity index (χ4v) is 3.11. The maximum Gasteiger partial charge on any atom is 0.141 e. The zero-order valence-corrected chi connectivity index (χ0v) is 15.0. The number of hydrogen-bond donors (Lipinski definition) is 0. The lowest BCUT2D eigenvalue weighted by molar-refractivity contribution is 0.621. The van der Waals surface area contributed by atoms with Gasteiger partial charge in [-0.15, -0.1) is 0 Å². The second-order valence-electron chi connectivity index (χ2n) is 6.57. The van der Waals surface area contributed by atoms with Gasteiger partial charge in [0.1, 0.15) is 11.9 Å². The molecule has 0 radical (unpaired) electrons. The highest BCUT2D eigenvalue weighted by Gasteiger charge is 2.04. The van der Waals surface area contributed by atoms with Crippen LogP contribution in [0.15, 0.2) is 66.7 Å². The number of hydrogen-bond acceptors (Lipinski definition) is 1. The standard InChI is InChI=1S/C24H22FN/c1-2-3-18-6-11-21(12-7-18)22-13-8-19(9-14-22)4-5-20-10-15-23(17-26)24(25)16-20/h6-16H,2-5H2,1H3. The number of aryl methyl sites for hydroxylation is 3. The van der Waals surface area contributed by atoms with E-state index in [0.29, 0.717) is 0 Å². The fraction of sp³-hybridized carbons (Fsp3) is 0.208. The Hall–Kier alpha value is -2.92. The molecule has 3 aromatic carbocycles. The van der Waals surface area contributed by atoms with Crippen LogP contribution < -0.4 is 0 Å². The van der Waals surface area contributed by atoms with Crippen molar-refractivity contribution in [1.29, 1.82) is 5.26 Å². The SMILES string of the molecule is CCCc1ccc(-c2ccc(CCc3ccc(C#N)c(F)c3)cc2)cc1. The second kappa shape index (κ2) is 8.45. The van der Waals surface area contributed by atoms with Gasteiger partial charge in [0.05, 0.1) is 5.56 Å². The van der Waals surface area contributed by atoms with Crippen LogP contribution >= 0.6 is 0 Å². The Balaban J connectivity index is 1.64. The van der Waals surface area contributed by atoms with Gasteiger partial charge >= 0.3 is 0 Å². The number of rotatable bonds is 6. The van der Waals surface area contributed by atoms with E-state index in [1.807, 2.05) is 12.1 Å². The highest BCUT2D eigenvalue weighted by molar-refractivity contribution is 5.64. The average Bonchev–Trinajstić information content (AvgIpc) is 2.68. The first-order valence-corrected chi connectivity index (χ1v) is 9.06. The summed E-state index contributed by atoms with van der Waals surface area (Å²) in [5.74, 6) is -0.438. The smallest absolute Gasteiger partial charge is 0.141 e. The minimum absolute atomic E-state index is 0.100. The van der Waals surface area contributed by atoms with Crippen molar-refractivity contribution in [2.45, 2.75) is 32.6 Å². The van der Waals surface area contributed by atoms with Gasteiger partial charge in [0.25, 0.3) is 0 Å². The van der Waals surface area contributed by atoms with Crippen LogP contribution in [0.2, 0.25) is 0 Å². The minimum atomic E-state index is -0.438. The van der Waals surface area contributed by atoms with Crippen molar-refractivity contribution in [3.05, 3.63) is 94.8 Å². The summed E-state index contributed by atoms with van der Waals surface area (Å²) < 4.78 is 13.7. The lowest BCUT2D eigenvalue weighted by atomic mass is 9.99. The van der Waals surface area contributed by atoms with Crippen molar-refractivity contribution >= 4 is 0 Å². The van der Waals surface area contributed by atoms with Gasteiger partial charge in [-0.05, 0) is 59.2 Å². The van der Waals surface area contributed by atoms with Crippen molar-refractivity contribution in [2.75, 3.05) is 0 Å². The van der Waals surface area contributed by atoms with Gasteiger partial charge in [-0.25, -0.2) is 4.39 Å². The topological polar surface area (TPSA) is 23.8 Å². The van der Waals surface area contributed by atoms with E-state index in [2.05, 4.69) is 55.5 Å². The molecule has 0 aliphatic heterocycles. The van der Waals surface area contributed by atoms with Crippen molar-refractivity contribution in [3.63, 3.8) is 0 Å². The van der Waals surface area contributed by atoms with E-state index in [4.69, 9.17) is 5.26 Å². The average molecular weight is 343 g/mol. The number of halogens is 1. The molecule has 3 aromatic rings. The number of benzene rings is 3. The summed E-state index contributed by atoms with van der Waals surface area (Å²) in [5.41, 5.74) is 6.05. The summed E-state index contributed by atoms with van der Waals surface area (Å²) in [6.45, 7) is 2.19. The van der Waals surface area contributed by atoms with E-state index < -0.39 is 5.82 Å². The third kappa shape index (κ3) is 4.37. The number of nitrogens with zero attached hydrogens (tertiary/aromatic N) is 1. The highest BCUT2D eigenvalue weighted by atomic mass is 19.1. The Labute approximate surface area is 154 Å². The van der Waals surface area contributed by atoms with Gasteiger partial charge < -0.3 is 0 Å². The van der Waals surface area contributed by atoms with E-state index in [0.717, 1.165) is 31.2 Å². The summed E-state index contributed by atoms with van der Waals surface area (Å²) in [6, 6.07) is 24.0. The molecule has 1 nitrogen and oxygen atoms in total. The molecule has 3 rings (SSSR count). The fourth-order valence-electron chi connectivity index (χ4n) is 3.11. The molecule has 0 atom stereocenters. The van der Waals surface area contributed by atoms with Gasteiger partial charge in [-0.3, -0.25) is 0 Å². The molecule has 130 valence electrons. The normalized spacial score (nSPS) is 10.5. The third-order valence-corrected chi connectivity index (χ3v) is 4.64. The molecule has 0 unspecified atom stereocenters. The molecule has 0 amide bonds. The Morgan fingerprint density at radius 3 is 1.73 bits per heavy atom. The van der Waals surface area contributed by atoms with Crippen molar-refractivity contribution in [2.24, 2.45) is 0 Å². The molecular weight excluding hydrogens is 321 g/mol. The quantitative estimate of drug-likeness (QED) is 0.530. The van der Waals surface area contributed by atoms with E-state index in [9.17, 15) is 4.39 Å². The molecule has 0 spiro atoms. The summed E-state index contributed by atoms with van der Waals surface area (Å²) in [5, 5.41) is 8.79. The van der Waals surface area contributed by atoms with E-state index in [-0.39, 0.29) is 5.56 Å². The van der Waals surface area contributed by atoms with Crippen LogP contribution in [0.4, 0.5) is 4.39 Å². The van der Waals surface area contributed by atoms with Gasteiger partial charge in [0, 0.05) is 0 Å². The van der Waals surface area contributed by atoms with Gasteiger partial charge in [0.2, 0.25) is 0 Å². The zero-order valence-electron chi connectivity index (χ0n) is 15.0. The van der Waals surface area contributed by atoms with Gasteiger partial charge in [-0.1, -0.05) is 67.9 Å². The molecule has 2 heteroatoms. The molecule has 0 aliphatic carbocycles. The molecule has 0 N–H and O–H groups in total. The molecule has 26 heavy (non-hydrogen) atoms. The molecular formula is C24H22FN. The molecule has 0 saturated carbocycles. The molecule has 0 aromatic heterocycles. The molecule has 0 bridgehead atoms. The number of nitriles is 1. The lowest BCUT2D eigenvalue weighted by Crippen LogP contribution is -1.94. The predicted octanol–water partition coefficient (Wildman–Crippen LogP) is 6.10. The predicted molar refractivity (Wildman–Crippen MR) is 104 cm³/mol. The van der Waals surface area contributed by atoms with E-state index >= 15 is 0 Å². The summed E-state index contributed by atoms with van der Waals surface area (Å²) in [7, 11) is 0. The molecule has 0 saturated heterocycles. The summed E-state index contributed by atoms with van der Waals surface area (Å²) >= 11 is 0. The first kappa shape index (κ1) is 17.9. The minimum Gasteiger partial charge on any atom is -0.206 e. The molecule has 0 heterocycles. The first-order valence-electron chi connectivity index (χ1n) is 9.06. The molecule has 0 aliphatic rings. The zero-order chi connectivity index (χ0) is 18.4. The molecule has 0 fully saturated rings. The Morgan fingerprint density at radius 2 is 1.23 bits per heavy atom. The van der Waals surface area contributed by atoms with Crippen LogP contribution in [0.3, 0.4) is 0 Å². The largest absolute Gasteiger partial charge is 0.206 e. The second-order valence-corrected chi connectivity index (χ2v) is 6.57. The Bertz CT molecular complexity index is 902. The van der Waals surface area contributed by atoms with Crippen LogP contribution in [0.5, 0.6) is 0 Å². The van der Waals surface area contributed by atoms with Crippen LogP contribution in [0, 0.1) is 17.1 Å². The van der Waals surface area contributed by atoms with Crippen LogP contribution in [-0.2, 0) is 19.3 Å². The third-order valence-electron chi connectivity index (χ3n) is 4.64. The van der Waals surface area contributed by atoms with Crippen LogP contribution in [-0.4, -0.2) is 0 Å². The van der Waals surface area contributed by atoms with E-state index in [1.165, 1.54) is 28.3 Å². The van der Waals surface area contributed by atoms with Gasteiger partial charge in [0.15, 0.2) is 0 Å². The van der Waals surface area contributed by atoms with E-state index in [1.54, 1.807) is 6.07 Å².